The zero-order valence-corrected chi connectivity index (χ0v) is 13.6. The first-order valence-electron chi connectivity index (χ1n) is 7.75. The van der Waals surface area contributed by atoms with Gasteiger partial charge in [0.25, 0.3) is 0 Å². The third kappa shape index (κ3) is 4.03. The van der Waals surface area contributed by atoms with Gasteiger partial charge in [-0.25, -0.2) is 4.79 Å². The minimum atomic E-state index is -0.552. The van der Waals surface area contributed by atoms with Crippen LogP contribution in [0.2, 0.25) is 0 Å². The van der Waals surface area contributed by atoms with E-state index in [0.717, 1.165) is 5.56 Å². The van der Waals surface area contributed by atoms with Crippen LogP contribution in [0.1, 0.15) is 49.1 Å². The van der Waals surface area contributed by atoms with Crippen LogP contribution in [0.4, 0.5) is 0 Å². The molecule has 0 saturated heterocycles. The SMILES string of the molecule is CO/C=C(/Oc1cc(C2CCCCC2)ccc1C)C(=O)OC. The first kappa shape index (κ1) is 16.4. The number of carbonyl (C=O) groups excluding carboxylic acids is 1. The number of hydrogen-bond donors (Lipinski definition) is 0. The number of ether oxygens (including phenoxy) is 3. The Morgan fingerprint density at radius 2 is 1.91 bits per heavy atom. The summed E-state index contributed by atoms with van der Waals surface area (Å²) in [5.41, 5.74) is 2.26. The molecular weight excluding hydrogens is 280 g/mol. The van der Waals surface area contributed by atoms with Crippen molar-refractivity contribution in [3.63, 3.8) is 0 Å². The van der Waals surface area contributed by atoms with Crippen LogP contribution in [-0.4, -0.2) is 20.2 Å². The van der Waals surface area contributed by atoms with Crippen molar-refractivity contribution in [2.24, 2.45) is 0 Å². The fourth-order valence-corrected chi connectivity index (χ4v) is 2.86. The number of esters is 1. The van der Waals surface area contributed by atoms with Gasteiger partial charge in [0.15, 0.2) is 0 Å². The summed E-state index contributed by atoms with van der Waals surface area (Å²) in [4.78, 5) is 11.7. The van der Waals surface area contributed by atoms with Gasteiger partial charge in [-0.15, -0.1) is 0 Å². The van der Waals surface area contributed by atoms with Crippen LogP contribution in [0.5, 0.6) is 5.75 Å². The van der Waals surface area contributed by atoms with E-state index in [1.165, 1.54) is 58.1 Å². The molecule has 0 aliphatic heterocycles. The Morgan fingerprint density at radius 3 is 2.55 bits per heavy atom. The van der Waals surface area contributed by atoms with Crippen LogP contribution < -0.4 is 4.74 Å². The lowest BCUT2D eigenvalue weighted by Gasteiger charge is -2.23. The topological polar surface area (TPSA) is 44.8 Å². The van der Waals surface area contributed by atoms with E-state index in [4.69, 9.17) is 14.2 Å². The number of benzene rings is 1. The molecule has 0 spiro atoms. The predicted octanol–water partition coefficient (Wildman–Crippen LogP) is 4.08. The first-order valence-corrected chi connectivity index (χ1v) is 7.75. The van der Waals surface area contributed by atoms with Crippen molar-refractivity contribution in [3.05, 3.63) is 41.3 Å². The lowest BCUT2D eigenvalue weighted by Crippen LogP contribution is -2.12. The van der Waals surface area contributed by atoms with Crippen LogP contribution in [0.15, 0.2) is 30.2 Å². The van der Waals surface area contributed by atoms with Crippen LogP contribution in [-0.2, 0) is 14.3 Å². The number of hydrogen-bond acceptors (Lipinski definition) is 4. The minimum Gasteiger partial charge on any atom is -0.500 e. The van der Waals surface area contributed by atoms with Gasteiger partial charge in [-0.1, -0.05) is 31.4 Å². The molecule has 0 heterocycles. The molecule has 0 atom stereocenters. The number of rotatable bonds is 5. The van der Waals surface area contributed by atoms with Gasteiger partial charge in [0, 0.05) is 0 Å². The van der Waals surface area contributed by atoms with E-state index in [9.17, 15) is 4.79 Å². The highest BCUT2D eigenvalue weighted by Gasteiger charge is 2.19. The Bertz CT molecular complexity index is 542. The lowest BCUT2D eigenvalue weighted by molar-refractivity contribution is -0.138. The van der Waals surface area contributed by atoms with Gasteiger partial charge in [0.1, 0.15) is 12.0 Å². The summed E-state index contributed by atoms with van der Waals surface area (Å²) >= 11 is 0. The Hall–Kier alpha value is -1.97. The molecule has 1 aliphatic rings. The zero-order chi connectivity index (χ0) is 15.9. The fraction of sp³-hybridized carbons (Fsp3) is 0.500. The molecule has 120 valence electrons. The predicted molar refractivity (Wildman–Crippen MR) is 84.7 cm³/mol. The fourth-order valence-electron chi connectivity index (χ4n) is 2.86. The van der Waals surface area contributed by atoms with Gasteiger partial charge in [-0.3, -0.25) is 0 Å². The van der Waals surface area contributed by atoms with Gasteiger partial charge in [0.2, 0.25) is 5.76 Å². The molecule has 4 nitrogen and oxygen atoms in total. The molecule has 0 radical (unpaired) electrons. The molecule has 0 amide bonds. The van der Waals surface area contributed by atoms with E-state index in [1.807, 2.05) is 19.1 Å². The smallest absolute Gasteiger partial charge is 0.377 e. The van der Waals surface area contributed by atoms with Gasteiger partial charge in [-0.2, -0.15) is 0 Å². The average Bonchev–Trinajstić information content (AvgIpc) is 2.56. The van der Waals surface area contributed by atoms with Crippen LogP contribution in [0.3, 0.4) is 0 Å². The Labute approximate surface area is 132 Å². The number of aryl methyl sites for hydroxylation is 1. The second kappa shape index (κ2) is 7.87. The number of carbonyl (C=O) groups is 1. The standard InChI is InChI=1S/C18H24O4/c1-13-9-10-15(14-7-5-4-6-8-14)11-16(13)22-17(12-20-2)18(19)21-3/h9-12,14H,4-8H2,1-3H3/b17-12+. The van der Waals surface area contributed by atoms with Crippen LogP contribution in [0, 0.1) is 6.92 Å². The molecule has 4 heteroatoms. The molecule has 0 unspecified atom stereocenters. The largest absolute Gasteiger partial charge is 0.500 e. The highest BCUT2D eigenvalue weighted by molar-refractivity contribution is 5.86. The summed E-state index contributed by atoms with van der Waals surface area (Å²) in [7, 11) is 2.79. The van der Waals surface area contributed by atoms with E-state index in [2.05, 4.69) is 6.07 Å². The van der Waals surface area contributed by atoms with Crippen molar-refractivity contribution in [2.75, 3.05) is 14.2 Å². The molecule has 1 saturated carbocycles. The summed E-state index contributed by atoms with van der Waals surface area (Å²) in [6, 6.07) is 6.24. The zero-order valence-electron chi connectivity index (χ0n) is 13.6. The molecule has 1 aromatic rings. The first-order chi connectivity index (χ1) is 10.7. The normalized spacial score (nSPS) is 16.2. The molecule has 1 aliphatic carbocycles. The van der Waals surface area contributed by atoms with E-state index in [-0.39, 0.29) is 5.76 Å². The summed E-state index contributed by atoms with van der Waals surface area (Å²) in [5.74, 6) is 0.764. The van der Waals surface area contributed by atoms with Crippen molar-refractivity contribution in [2.45, 2.75) is 44.9 Å². The van der Waals surface area contributed by atoms with Crippen LogP contribution in [0.25, 0.3) is 0 Å². The van der Waals surface area contributed by atoms with Gasteiger partial charge < -0.3 is 14.2 Å². The van der Waals surface area contributed by atoms with Gasteiger partial charge in [0.05, 0.1) is 14.2 Å². The Kier molecular flexibility index (Phi) is 5.87. The highest BCUT2D eigenvalue weighted by atomic mass is 16.6. The monoisotopic (exact) mass is 304 g/mol. The van der Waals surface area contributed by atoms with E-state index >= 15 is 0 Å². The van der Waals surface area contributed by atoms with E-state index < -0.39 is 5.97 Å². The number of methoxy groups -OCH3 is 2. The summed E-state index contributed by atoms with van der Waals surface area (Å²) in [6.45, 7) is 1.96. The molecule has 1 aromatic carbocycles. The summed E-state index contributed by atoms with van der Waals surface area (Å²) in [5, 5.41) is 0. The van der Waals surface area contributed by atoms with E-state index in [1.54, 1.807) is 0 Å². The molecule has 22 heavy (non-hydrogen) atoms. The maximum Gasteiger partial charge on any atom is 0.377 e. The quantitative estimate of drug-likeness (QED) is 0.467. The molecule has 0 bridgehead atoms. The molecule has 0 aromatic heterocycles. The molecular formula is C18H24O4. The third-order valence-corrected chi connectivity index (χ3v) is 4.12. The Balaban J connectivity index is 2.22. The summed E-state index contributed by atoms with van der Waals surface area (Å²) < 4.78 is 15.3. The van der Waals surface area contributed by atoms with Crippen molar-refractivity contribution in [1.29, 1.82) is 0 Å². The maximum absolute atomic E-state index is 11.7. The second-order valence-corrected chi connectivity index (χ2v) is 5.67. The Morgan fingerprint density at radius 1 is 1.18 bits per heavy atom. The van der Waals surface area contributed by atoms with Crippen molar-refractivity contribution in [3.8, 4) is 5.75 Å². The lowest BCUT2D eigenvalue weighted by atomic mass is 9.84. The van der Waals surface area contributed by atoms with Gasteiger partial charge >= 0.3 is 5.97 Å². The van der Waals surface area contributed by atoms with Crippen molar-refractivity contribution < 1.29 is 19.0 Å². The molecule has 2 rings (SSSR count). The van der Waals surface area contributed by atoms with Crippen LogP contribution >= 0.6 is 0 Å². The van der Waals surface area contributed by atoms with E-state index in [0.29, 0.717) is 11.7 Å². The van der Waals surface area contributed by atoms with Crippen molar-refractivity contribution in [1.82, 2.24) is 0 Å². The average molecular weight is 304 g/mol. The minimum absolute atomic E-state index is 0.0499. The third-order valence-electron chi connectivity index (χ3n) is 4.12. The second-order valence-electron chi connectivity index (χ2n) is 5.67. The highest BCUT2D eigenvalue weighted by Crippen LogP contribution is 2.35. The van der Waals surface area contributed by atoms with Crippen molar-refractivity contribution >= 4 is 5.97 Å². The maximum atomic E-state index is 11.7. The molecule has 1 fully saturated rings. The molecule has 0 N–H and O–H groups in total. The summed E-state index contributed by atoms with van der Waals surface area (Å²) in [6.07, 6.45) is 7.60. The van der Waals surface area contributed by atoms with Gasteiger partial charge in [-0.05, 0) is 42.9 Å².